The number of hydrogen-bond acceptors (Lipinski definition) is 2. The number of rotatable bonds is 4. The molecule has 114 valence electrons. The Morgan fingerprint density at radius 2 is 2.24 bits per heavy atom. The number of amides is 2. The monoisotopic (exact) mass is 294 g/mol. The molecule has 21 heavy (non-hydrogen) atoms. The molecule has 1 aliphatic rings. The lowest BCUT2D eigenvalue weighted by molar-refractivity contribution is -0.148. The summed E-state index contributed by atoms with van der Waals surface area (Å²) in [6.07, 6.45) is 1.75. The summed E-state index contributed by atoms with van der Waals surface area (Å²) in [6, 6.07) is 5.23. The van der Waals surface area contributed by atoms with Crippen molar-refractivity contribution < 1.29 is 19.1 Å². The molecule has 2 amide bonds. The van der Waals surface area contributed by atoms with Gasteiger partial charge in [-0.15, -0.1) is 0 Å². The van der Waals surface area contributed by atoms with Crippen LogP contribution in [-0.2, 0) is 4.79 Å². The minimum Gasteiger partial charge on any atom is -0.481 e. The van der Waals surface area contributed by atoms with Crippen LogP contribution in [-0.4, -0.2) is 35.1 Å². The molecule has 2 N–H and O–H groups in total. The number of likely N-dealkylation sites (tertiary alicyclic amines) is 1. The third-order valence-electron chi connectivity index (χ3n) is 3.90. The number of carboxylic acid groups (broad SMARTS) is 1. The zero-order valence-electron chi connectivity index (χ0n) is 11.9. The minimum atomic E-state index is -0.856. The van der Waals surface area contributed by atoms with E-state index in [1.807, 2.05) is 6.92 Å². The number of aliphatic carboxylic acids is 1. The second-order valence-electron chi connectivity index (χ2n) is 5.45. The molecule has 0 spiro atoms. The number of carbonyl (C=O) groups is 2. The van der Waals surface area contributed by atoms with Crippen LogP contribution < -0.4 is 5.32 Å². The summed E-state index contributed by atoms with van der Waals surface area (Å²) in [6.45, 7) is 2.52. The summed E-state index contributed by atoms with van der Waals surface area (Å²) in [4.78, 5) is 25.1. The van der Waals surface area contributed by atoms with Crippen LogP contribution in [0.15, 0.2) is 24.3 Å². The molecule has 5 nitrogen and oxygen atoms in total. The van der Waals surface area contributed by atoms with E-state index in [9.17, 15) is 19.1 Å². The largest absolute Gasteiger partial charge is 0.481 e. The number of nitrogens with zero attached hydrogens (tertiary/aromatic N) is 1. The van der Waals surface area contributed by atoms with Crippen LogP contribution in [0.2, 0.25) is 0 Å². The Morgan fingerprint density at radius 3 is 2.86 bits per heavy atom. The second kappa shape index (κ2) is 6.11. The molecule has 1 unspecified atom stereocenters. The fourth-order valence-electron chi connectivity index (χ4n) is 2.78. The van der Waals surface area contributed by atoms with Gasteiger partial charge in [-0.05, 0) is 31.0 Å². The summed E-state index contributed by atoms with van der Waals surface area (Å²) in [7, 11) is 0. The van der Waals surface area contributed by atoms with Gasteiger partial charge in [0, 0.05) is 18.8 Å². The SMILES string of the molecule is CCCC1(C(=O)O)CCN(C(=O)Nc2cccc(F)c2)C1. The summed E-state index contributed by atoms with van der Waals surface area (Å²) < 4.78 is 13.1. The van der Waals surface area contributed by atoms with Crippen molar-refractivity contribution >= 4 is 17.7 Å². The van der Waals surface area contributed by atoms with Gasteiger partial charge in [-0.3, -0.25) is 4.79 Å². The lowest BCUT2D eigenvalue weighted by atomic mass is 9.83. The van der Waals surface area contributed by atoms with Crippen LogP contribution in [0.1, 0.15) is 26.2 Å². The zero-order chi connectivity index (χ0) is 15.5. The fraction of sp³-hybridized carbons (Fsp3) is 0.467. The van der Waals surface area contributed by atoms with Gasteiger partial charge >= 0.3 is 12.0 Å². The fourth-order valence-corrected chi connectivity index (χ4v) is 2.78. The van der Waals surface area contributed by atoms with Gasteiger partial charge in [-0.1, -0.05) is 19.4 Å². The van der Waals surface area contributed by atoms with E-state index in [-0.39, 0.29) is 12.6 Å². The highest BCUT2D eigenvalue weighted by molar-refractivity contribution is 5.90. The predicted molar refractivity (Wildman–Crippen MR) is 76.6 cm³/mol. The van der Waals surface area contributed by atoms with Gasteiger partial charge in [0.25, 0.3) is 0 Å². The second-order valence-corrected chi connectivity index (χ2v) is 5.45. The first kappa shape index (κ1) is 15.3. The number of urea groups is 1. The van der Waals surface area contributed by atoms with E-state index >= 15 is 0 Å². The number of benzene rings is 1. The first-order valence-corrected chi connectivity index (χ1v) is 7.02. The average molecular weight is 294 g/mol. The Morgan fingerprint density at radius 1 is 1.48 bits per heavy atom. The van der Waals surface area contributed by atoms with E-state index < -0.39 is 17.2 Å². The average Bonchev–Trinajstić information content (AvgIpc) is 2.85. The van der Waals surface area contributed by atoms with Gasteiger partial charge in [-0.2, -0.15) is 0 Å². The first-order valence-electron chi connectivity index (χ1n) is 7.02. The van der Waals surface area contributed by atoms with Crippen molar-refractivity contribution in [2.75, 3.05) is 18.4 Å². The highest BCUT2D eigenvalue weighted by atomic mass is 19.1. The number of carboxylic acids is 1. The summed E-state index contributed by atoms with van der Waals surface area (Å²) in [5, 5.41) is 12.0. The van der Waals surface area contributed by atoms with Crippen molar-refractivity contribution in [3.8, 4) is 0 Å². The molecule has 0 saturated carbocycles. The maximum absolute atomic E-state index is 13.1. The summed E-state index contributed by atoms with van der Waals surface area (Å²) in [5.74, 6) is -1.29. The number of halogens is 1. The van der Waals surface area contributed by atoms with Crippen molar-refractivity contribution in [2.24, 2.45) is 5.41 Å². The lowest BCUT2D eigenvalue weighted by Crippen LogP contribution is -2.38. The lowest BCUT2D eigenvalue weighted by Gasteiger charge is -2.24. The predicted octanol–water partition coefficient (Wildman–Crippen LogP) is 2.93. The molecule has 0 bridgehead atoms. The first-order chi connectivity index (χ1) is 9.97. The van der Waals surface area contributed by atoms with Crippen molar-refractivity contribution in [1.29, 1.82) is 0 Å². The highest BCUT2D eigenvalue weighted by Crippen LogP contribution is 2.35. The Balaban J connectivity index is 2.03. The van der Waals surface area contributed by atoms with Crippen molar-refractivity contribution in [3.05, 3.63) is 30.1 Å². The molecule has 1 atom stereocenters. The van der Waals surface area contributed by atoms with Gasteiger partial charge in [0.15, 0.2) is 0 Å². The molecule has 1 aromatic rings. The van der Waals surface area contributed by atoms with Crippen molar-refractivity contribution in [2.45, 2.75) is 26.2 Å². The molecule has 2 rings (SSSR count). The van der Waals surface area contributed by atoms with Crippen LogP contribution in [0.4, 0.5) is 14.9 Å². The van der Waals surface area contributed by atoms with Crippen molar-refractivity contribution in [1.82, 2.24) is 4.90 Å². The van der Waals surface area contributed by atoms with Gasteiger partial charge < -0.3 is 15.3 Å². The van der Waals surface area contributed by atoms with Gasteiger partial charge in [0.2, 0.25) is 0 Å². The maximum atomic E-state index is 13.1. The third-order valence-corrected chi connectivity index (χ3v) is 3.90. The molecular formula is C15H19FN2O3. The van der Waals surface area contributed by atoms with E-state index in [1.165, 1.54) is 23.1 Å². The number of carbonyl (C=O) groups excluding carboxylic acids is 1. The van der Waals surface area contributed by atoms with Crippen LogP contribution in [0.3, 0.4) is 0 Å². The molecule has 6 heteroatoms. The Kier molecular flexibility index (Phi) is 4.45. The van der Waals surface area contributed by atoms with Gasteiger partial charge in [-0.25, -0.2) is 9.18 Å². The molecular weight excluding hydrogens is 275 g/mol. The normalized spacial score (nSPS) is 21.3. The molecule has 0 aromatic heterocycles. The van der Waals surface area contributed by atoms with E-state index in [4.69, 9.17) is 0 Å². The molecule has 1 heterocycles. The molecule has 0 radical (unpaired) electrons. The number of hydrogen-bond donors (Lipinski definition) is 2. The Labute approximate surface area is 122 Å². The number of nitrogens with one attached hydrogen (secondary N) is 1. The van der Waals surface area contributed by atoms with E-state index in [1.54, 1.807) is 6.07 Å². The molecule has 1 aromatic carbocycles. The van der Waals surface area contributed by atoms with Crippen molar-refractivity contribution in [3.63, 3.8) is 0 Å². The highest BCUT2D eigenvalue weighted by Gasteiger charge is 2.45. The Bertz CT molecular complexity index is 549. The zero-order valence-corrected chi connectivity index (χ0v) is 11.9. The van der Waals surface area contributed by atoms with Gasteiger partial charge in [0.05, 0.1) is 5.41 Å². The minimum absolute atomic E-state index is 0.192. The number of anilines is 1. The standard InChI is InChI=1S/C15H19FN2O3/c1-2-6-15(13(19)20)7-8-18(10-15)14(21)17-12-5-3-4-11(16)9-12/h3-5,9H,2,6-8,10H2,1H3,(H,17,21)(H,19,20). The third kappa shape index (κ3) is 3.32. The maximum Gasteiger partial charge on any atom is 0.321 e. The summed E-state index contributed by atoms with van der Waals surface area (Å²) >= 11 is 0. The topological polar surface area (TPSA) is 69.6 Å². The van der Waals surface area contributed by atoms with E-state index in [0.717, 1.165) is 6.42 Å². The molecule has 1 aliphatic heterocycles. The van der Waals surface area contributed by atoms with Crippen LogP contribution in [0.5, 0.6) is 0 Å². The van der Waals surface area contributed by atoms with Gasteiger partial charge in [0.1, 0.15) is 5.82 Å². The van der Waals surface area contributed by atoms with Crippen LogP contribution in [0.25, 0.3) is 0 Å². The smallest absolute Gasteiger partial charge is 0.321 e. The molecule has 1 fully saturated rings. The Hall–Kier alpha value is -2.11. The van der Waals surface area contributed by atoms with E-state index in [2.05, 4.69) is 5.32 Å². The van der Waals surface area contributed by atoms with E-state index in [0.29, 0.717) is 25.1 Å². The van der Waals surface area contributed by atoms with Crippen LogP contribution in [0, 0.1) is 11.2 Å². The molecule has 1 saturated heterocycles. The van der Waals surface area contributed by atoms with Crippen LogP contribution >= 0.6 is 0 Å². The summed E-state index contributed by atoms with van der Waals surface area (Å²) in [5.41, 5.74) is -0.489. The molecule has 0 aliphatic carbocycles. The quantitative estimate of drug-likeness (QED) is 0.897.